The largest absolute Gasteiger partial charge is 0.373 e. The summed E-state index contributed by atoms with van der Waals surface area (Å²) in [6.45, 7) is 4.25. The van der Waals surface area contributed by atoms with Gasteiger partial charge in [-0.05, 0) is 38.3 Å². The molecule has 1 amide bonds. The van der Waals surface area contributed by atoms with Crippen LogP contribution in [-0.2, 0) is 4.74 Å². The van der Waals surface area contributed by atoms with Crippen molar-refractivity contribution in [2.24, 2.45) is 0 Å². The van der Waals surface area contributed by atoms with E-state index >= 15 is 0 Å². The van der Waals surface area contributed by atoms with E-state index in [1.165, 1.54) is 17.4 Å². The zero-order chi connectivity index (χ0) is 18.9. The minimum atomic E-state index is -0.108. The number of hydrogen-bond acceptors (Lipinski definition) is 5. The van der Waals surface area contributed by atoms with Gasteiger partial charge in [0.25, 0.3) is 5.91 Å². The molecule has 1 atom stereocenters. The minimum absolute atomic E-state index is 0.0377. The molecule has 6 heteroatoms. The predicted molar refractivity (Wildman–Crippen MR) is 104 cm³/mol. The van der Waals surface area contributed by atoms with Crippen LogP contribution < -0.4 is 4.90 Å². The second kappa shape index (κ2) is 7.27. The molecule has 0 saturated carbocycles. The summed E-state index contributed by atoms with van der Waals surface area (Å²) >= 11 is 0. The summed E-state index contributed by atoms with van der Waals surface area (Å²) in [5.41, 5.74) is 2.80. The first-order valence-electron chi connectivity index (χ1n) is 9.55. The summed E-state index contributed by atoms with van der Waals surface area (Å²) in [6, 6.07) is 9.00. The smallest absolute Gasteiger partial charge is 0.274 e. The van der Waals surface area contributed by atoms with Crippen LogP contribution in [0.15, 0.2) is 42.9 Å². The maximum Gasteiger partial charge on any atom is 0.274 e. The second-order valence-corrected chi connectivity index (χ2v) is 7.68. The minimum Gasteiger partial charge on any atom is -0.373 e. The molecule has 0 unspecified atom stereocenters. The third kappa shape index (κ3) is 3.67. The topological polar surface area (TPSA) is 58.6 Å². The van der Waals surface area contributed by atoms with E-state index in [4.69, 9.17) is 4.74 Å². The van der Waals surface area contributed by atoms with E-state index in [-0.39, 0.29) is 11.5 Å². The molecule has 3 heterocycles. The van der Waals surface area contributed by atoms with Crippen LogP contribution in [0.3, 0.4) is 0 Å². The number of amides is 1. The predicted octanol–water partition coefficient (Wildman–Crippen LogP) is 2.69. The molecule has 2 aromatic rings. The summed E-state index contributed by atoms with van der Waals surface area (Å²) in [5, 5.41) is 0. The molecule has 2 aliphatic rings. The lowest BCUT2D eigenvalue weighted by Gasteiger charge is -2.38. The van der Waals surface area contributed by atoms with Crippen LogP contribution in [0, 0.1) is 6.92 Å². The van der Waals surface area contributed by atoms with Crippen LogP contribution in [0.2, 0.25) is 0 Å². The number of benzene rings is 1. The molecule has 142 valence electrons. The van der Waals surface area contributed by atoms with Gasteiger partial charge in [-0.2, -0.15) is 0 Å². The highest BCUT2D eigenvalue weighted by molar-refractivity contribution is 5.92. The Morgan fingerprint density at radius 2 is 1.96 bits per heavy atom. The lowest BCUT2D eigenvalue weighted by Crippen LogP contribution is -2.47. The highest BCUT2D eigenvalue weighted by atomic mass is 16.5. The Balaban J connectivity index is 1.36. The number of ether oxygens (including phenoxy) is 1. The number of likely N-dealkylation sites (N-methyl/N-ethyl adjacent to an activating group) is 1. The Hall–Kier alpha value is -2.47. The average molecular weight is 366 g/mol. The number of rotatable bonds is 3. The Labute approximate surface area is 160 Å². The zero-order valence-corrected chi connectivity index (χ0v) is 16.0. The number of aromatic nitrogens is 2. The number of nitrogens with zero attached hydrogens (tertiary/aromatic N) is 4. The number of piperidine rings is 1. The molecule has 1 aromatic heterocycles. The van der Waals surface area contributed by atoms with E-state index < -0.39 is 0 Å². The molecule has 0 N–H and O–H groups in total. The van der Waals surface area contributed by atoms with Crippen LogP contribution in [0.4, 0.5) is 5.69 Å². The van der Waals surface area contributed by atoms with E-state index in [0.29, 0.717) is 24.8 Å². The highest BCUT2D eigenvalue weighted by Gasteiger charge is 2.44. The normalized spacial score (nSPS) is 21.4. The van der Waals surface area contributed by atoms with Gasteiger partial charge in [-0.3, -0.25) is 9.78 Å². The molecule has 2 aliphatic heterocycles. The number of anilines is 1. The molecular weight excluding hydrogens is 340 g/mol. The van der Waals surface area contributed by atoms with Gasteiger partial charge in [-0.15, -0.1) is 0 Å². The maximum absolute atomic E-state index is 12.6. The van der Waals surface area contributed by atoms with Crippen LogP contribution in [-0.4, -0.2) is 59.2 Å². The molecule has 2 fully saturated rings. The van der Waals surface area contributed by atoms with Crippen LogP contribution in [0.25, 0.3) is 0 Å². The SMILES string of the molecule is Cc1ccc(N(C)[C@H]2COC3(CCN(C(=O)c4cnccn4)CC3)C2)cc1. The van der Waals surface area contributed by atoms with Crippen molar-refractivity contribution in [3.05, 3.63) is 54.1 Å². The Morgan fingerprint density at radius 1 is 1.22 bits per heavy atom. The average Bonchev–Trinajstić information content (AvgIpc) is 3.12. The van der Waals surface area contributed by atoms with Crippen molar-refractivity contribution in [2.75, 3.05) is 31.6 Å². The molecule has 6 nitrogen and oxygen atoms in total. The van der Waals surface area contributed by atoms with Gasteiger partial charge in [0.1, 0.15) is 5.69 Å². The third-order valence-electron chi connectivity index (χ3n) is 5.92. The number of carbonyl (C=O) groups excluding carboxylic acids is 1. The Bertz CT molecular complexity index is 786. The third-order valence-corrected chi connectivity index (χ3v) is 5.92. The molecule has 0 radical (unpaired) electrons. The van der Waals surface area contributed by atoms with Crippen molar-refractivity contribution in [2.45, 2.75) is 37.8 Å². The lowest BCUT2D eigenvalue weighted by molar-refractivity contribution is -0.0389. The fraction of sp³-hybridized carbons (Fsp3) is 0.476. The summed E-state index contributed by atoms with van der Waals surface area (Å²) in [6.07, 6.45) is 7.42. The van der Waals surface area contributed by atoms with Crippen molar-refractivity contribution >= 4 is 11.6 Å². The standard InChI is InChI=1S/C21H26N4O2/c1-16-3-5-17(6-4-16)24(2)18-13-21(27-15-18)7-11-25(12-8-21)20(26)19-14-22-9-10-23-19/h3-6,9-10,14,18H,7-8,11-13,15H2,1-2H3/t18-/m1/s1. The number of likely N-dealkylation sites (tertiary alicyclic amines) is 1. The van der Waals surface area contributed by atoms with E-state index in [0.717, 1.165) is 25.9 Å². The van der Waals surface area contributed by atoms with Gasteiger partial charge in [0.05, 0.1) is 24.4 Å². The summed E-state index contributed by atoms with van der Waals surface area (Å²) in [5.74, 6) is -0.0377. The fourth-order valence-electron chi connectivity index (χ4n) is 4.10. The first kappa shape index (κ1) is 17.9. The summed E-state index contributed by atoms with van der Waals surface area (Å²) in [4.78, 5) is 24.9. The quantitative estimate of drug-likeness (QED) is 0.836. The fourth-order valence-corrected chi connectivity index (χ4v) is 4.10. The zero-order valence-electron chi connectivity index (χ0n) is 16.0. The van der Waals surface area contributed by atoms with Crippen molar-refractivity contribution in [3.63, 3.8) is 0 Å². The molecule has 2 saturated heterocycles. The molecule has 0 aliphatic carbocycles. The molecule has 27 heavy (non-hydrogen) atoms. The van der Waals surface area contributed by atoms with Gasteiger partial charge in [-0.1, -0.05) is 17.7 Å². The highest BCUT2D eigenvalue weighted by Crippen LogP contribution is 2.38. The van der Waals surface area contributed by atoms with Gasteiger partial charge in [0.2, 0.25) is 0 Å². The van der Waals surface area contributed by atoms with E-state index in [2.05, 4.69) is 53.1 Å². The number of carbonyl (C=O) groups is 1. The van der Waals surface area contributed by atoms with E-state index in [1.54, 1.807) is 12.4 Å². The number of aryl methyl sites for hydroxylation is 1. The van der Waals surface area contributed by atoms with Gasteiger partial charge >= 0.3 is 0 Å². The lowest BCUT2D eigenvalue weighted by atomic mass is 9.87. The molecule has 4 rings (SSSR count). The monoisotopic (exact) mass is 366 g/mol. The maximum atomic E-state index is 12.6. The molecular formula is C21H26N4O2. The van der Waals surface area contributed by atoms with Crippen molar-refractivity contribution in [3.8, 4) is 0 Å². The molecule has 0 bridgehead atoms. The summed E-state index contributed by atoms with van der Waals surface area (Å²) < 4.78 is 6.29. The molecule has 1 aromatic carbocycles. The second-order valence-electron chi connectivity index (χ2n) is 7.68. The Morgan fingerprint density at radius 3 is 2.63 bits per heavy atom. The molecule has 1 spiro atoms. The summed E-state index contributed by atoms with van der Waals surface area (Å²) in [7, 11) is 2.14. The Kier molecular flexibility index (Phi) is 4.83. The van der Waals surface area contributed by atoms with Crippen LogP contribution in [0.1, 0.15) is 35.3 Å². The van der Waals surface area contributed by atoms with Crippen molar-refractivity contribution in [1.29, 1.82) is 0 Å². The van der Waals surface area contributed by atoms with Crippen LogP contribution in [0.5, 0.6) is 0 Å². The first-order chi connectivity index (χ1) is 13.1. The van der Waals surface area contributed by atoms with E-state index in [1.807, 2.05) is 4.90 Å². The van der Waals surface area contributed by atoms with Crippen molar-refractivity contribution < 1.29 is 9.53 Å². The van der Waals surface area contributed by atoms with Gasteiger partial charge in [0.15, 0.2) is 0 Å². The van der Waals surface area contributed by atoms with E-state index in [9.17, 15) is 4.79 Å². The van der Waals surface area contributed by atoms with Gasteiger partial charge in [-0.25, -0.2) is 4.98 Å². The van der Waals surface area contributed by atoms with Gasteiger partial charge in [0, 0.05) is 38.2 Å². The first-order valence-corrected chi connectivity index (χ1v) is 9.55. The van der Waals surface area contributed by atoms with Gasteiger partial charge < -0.3 is 14.5 Å². The van der Waals surface area contributed by atoms with Crippen molar-refractivity contribution in [1.82, 2.24) is 14.9 Å². The number of hydrogen-bond donors (Lipinski definition) is 0. The van der Waals surface area contributed by atoms with Crippen LogP contribution >= 0.6 is 0 Å².